The number of guanidine groups is 1. The standard InChI is InChI=1S/C18H23N5O2S/c1-18(2,3)14-7-9-16(10-8-14)26(24,25)23-15-6-4-5-13(11-15)12-21-22-17(19)20/h4-12,23H,1-3H3,(H4,19,20,22). The highest BCUT2D eigenvalue weighted by atomic mass is 32.2. The molecule has 0 amide bonds. The van der Waals surface area contributed by atoms with Crippen LogP contribution in [-0.4, -0.2) is 20.6 Å². The molecule has 7 nitrogen and oxygen atoms in total. The number of benzene rings is 2. The van der Waals surface area contributed by atoms with Gasteiger partial charge in [-0.25, -0.2) is 8.42 Å². The molecule has 0 aliphatic carbocycles. The number of nitrogens with one attached hydrogen (secondary N) is 1. The maximum Gasteiger partial charge on any atom is 0.261 e. The first-order valence-electron chi connectivity index (χ1n) is 7.93. The first-order chi connectivity index (χ1) is 12.1. The smallest absolute Gasteiger partial charge is 0.261 e. The monoisotopic (exact) mass is 373 g/mol. The van der Waals surface area contributed by atoms with E-state index in [1.807, 2.05) is 12.1 Å². The predicted molar refractivity (Wildman–Crippen MR) is 106 cm³/mol. The predicted octanol–water partition coefficient (Wildman–Crippen LogP) is 2.39. The van der Waals surface area contributed by atoms with Crippen LogP contribution in [0.3, 0.4) is 0 Å². The van der Waals surface area contributed by atoms with Crippen LogP contribution in [0.25, 0.3) is 0 Å². The van der Waals surface area contributed by atoms with Crippen LogP contribution in [0.5, 0.6) is 0 Å². The maximum absolute atomic E-state index is 12.6. The van der Waals surface area contributed by atoms with Crippen LogP contribution in [0.2, 0.25) is 0 Å². The molecule has 2 aromatic rings. The van der Waals surface area contributed by atoms with Crippen LogP contribution >= 0.6 is 0 Å². The summed E-state index contributed by atoms with van der Waals surface area (Å²) in [6.07, 6.45) is 1.43. The summed E-state index contributed by atoms with van der Waals surface area (Å²) in [7, 11) is -3.69. The van der Waals surface area contributed by atoms with Crippen molar-refractivity contribution in [3.63, 3.8) is 0 Å². The van der Waals surface area contributed by atoms with E-state index in [1.165, 1.54) is 6.21 Å². The lowest BCUT2D eigenvalue weighted by Crippen LogP contribution is -2.21. The highest BCUT2D eigenvalue weighted by Gasteiger charge is 2.17. The fraction of sp³-hybridized carbons (Fsp3) is 0.222. The maximum atomic E-state index is 12.6. The largest absolute Gasteiger partial charge is 0.369 e. The van der Waals surface area contributed by atoms with Crippen molar-refractivity contribution in [3.8, 4) is 0 Å². The number of rotatable bonds is 5. The number of sulfonamides is 1. The highest BCUT2D eigenvalue weighted by Crippen LogP contribution is 2.24. The van der Waals surface area contributed by atoms with E-state index in [0.717, 1.165) is 5.56 Å². The lowest BCUT2D eigenvalue weighted by molar-refractivity contribution is 0.587. The van der Waals surface area contributed by atoms with Crippen LogP contribution in [0, 0.1) is 0 Å². The summed E-state index contributed by atoms with van der Waals surface area (Å²) < 4.78 is 27.7. The molecule has 0 aromatic heterocycles. The van der Waals surface area contributed by atoms with Gasteiger partial charge < -0.3 is 11.5 Å². The van der Waals surface area contributed by atoms with Crippen molar-refractivity contribution in [2.24, 2.45) is 21.7 Å². The first kappa shape index (κ1) is 19.5. The van der Waals surface area contributed by atoms with E-state index in [9.17, 15) is 8.42 Å². The summed E-state index contributed by atoms with van der Waals surface area (Å²) in [5, 5.41) is 7.21. The van der Waals surface area contributed by atoms with Crippen molar-refractivity contribution in [2.75, 3.05) is 4.72 Å². The Morgan fingerprint density at radius 2 is 1.73 bits per heavy atom. The molecule has 26 heavy (non-hydrogen) atoms. The highest BCUT2D eigenvalue weighted by molar-refractivity contribution is 7.92. The molecule has 0 unspecified atom stereocenters. The molecule has 0 aliphatic heterocycles. The molecule has 0 fully saturated rings. The van der Waals surface area contributed by atoms with Gasteiger partial charge >= 0.3 is 0 Å². The van der Waals surface area contributed by atoms with Gasteiger partial charge in [0.05, 0.1) is 11.1 Å². The van der Waals surface area contributed by atoms with E-state index in [4.69, 9.17) is 11.5 Å². The molecule has 0 saturated carbocycles. The van der Waals surface area contributed by atoms with Crippen molar-refractivity contribution < 1.29 is 8.42 Å². The van der Waals surface area contributed by atoms with Gasteiger partial charge in [-0.1, -0.05) is 45.0 Å². The van der Waals surface area contributed by atoms with Crippen LogP contribution in [0.1, 0.15) is 31.9 Å². The van der Waals surface area contributed by atoms with Crippen LogP contribution in [-0.2, 0) is 15.4 Å². The molecule has 0 radical (unpaired) electrons. The third kappa shape index (κ3) is 5.32. The molecule has 0 bridgehead atoms. The lowest BCUT2D eigenvalue weighted by atomic mass is 9.87. The van der Waals surface area contributed by atoms with E-state index in [-0.39, 0.29) is 16.3 Å². The summed E-state index contributed by atoms with van der Waals surface area (Å²) in [4.78, 5) is 0.199. The fourth-order valence-electron chi connectivity index (χ4n) is 2.19. The molecule has 0 atom stereocenters. The second-order valence-corrected chi connectivity index (χ2v) is 8.46. The Hall–Kier alpha value is -2.87. The van der Waals surface area contributed by atoms with Gasteiger partial charge in [-0.2, -0.15) is 5.10 Å². The van der Waals surface area contributed by atoms with Crippen molar-refractivity contribution in [3.05, 3.63) is 59.7 Å². The summed E-state index contributed by atoms with van der Waals surface area (Å²) in [6, 6.07) is 13.6. The Morgan fingerprint density at radius 3 is 2.31 bits per heavy atom. The van der Waals surface area contributed by atoms with E-state index >= 15 is 0 Å². The van der Waals surface area contributed by atoms with E-state index in [2.05, 4.69) is 35.7 Å². The topological polar surface area (TPSA) is 123 Å². The van der Waals surface area contributed by atoms with Crippen molar-refractivity contribution in [1.82, 2.24) is 0 Å². The molecule has 0 spiro atoms. The summed E-state index contributed by atoms with van der Waals surface area (Å²) in [6.45, 7) is 6.22. The first-order valence-corrected chi connectivity index (χ1v) is 9.42. The Kier molecular flexibility index (Phi) is 5.66. The molecule has 138 valence electrons. The van der Waals surface area contributed by atoms with E-state index in [0.29, 0.717) is 11.3 Å². The van der Waals surface area contributed by atoms with Crippen molar-refractivity contribution in [2.45, 2.75) is 31.1 Å². The van der Waals surface area contributed by atoms with E-state index < -0.39 is 10.0 Å². The van der Waals surface area contributed by atoms with Gasteiger partial charge in [-0.15, -0.1) is 5.10 Å². The molecule has 2 aromatic carbocycles. The van der Waals surface area contributed by atoms with Crippen LogP contribution < -0.4 is 16.2 Å². The van der Waals surface area contributed by atoms with Gasteiger partial charge in [-0.05, 0) is 40.8 Å². The number of nitrogens with two attached hydrogens (primary N) is 2. The Labute approximate surface area is 153 Å². The van der Waals surface area contributed by atoms with Crippen molar-refractivity contribution in [1.29, 1.82) is 0 Å². The van der Waals surface area contributed by atoms with Gasteiger partial charge in [0, 0.05) is 5.69 Å². The summed E-state index contributed by atoms with van der Waals surface area (Å²) >= 11 is 0. The normalized spacial score (nSPS) is 12.1. The van der Waals surface area contributed by atoms with Gasteiger partial charge in [0.15, 0.2) is 0 Å². The Morgan fingerprint density at radius 1 is 1.08 bits per heavy atom. The SMILES string of the molecule is CC(C)(C)c1ccc(S(=O)(=O)Nc2cccc(C=NN=C(N)N)c2)cc1. The fourth-order valence-corrected chi connectivity index (χ4v) is 3.24. The molecule has 0 saturated heterocycles. The molecule has 5 N–H and O–H groups in total. The van der Waals surface area contributed by atoms with E-state index in [1.54, 1.807) is 36.4 Å². The van der Waals surface area contributed by atoms with Gasteiger partial charge in [0.1, 0.15) is 0 Å². The average Bonchev–Trinajstić information content (AvgIpc) is 2.54. The summed E-state index contributed by atoms with van der Waals surface area (Å²) in [5.41, 5.74) is 12.5. The van der Waals surface area contributed by atoms with Crippen LogP contribution in [0.15, 0.2) is 63.6 Å². The summed E-state index contributed by atoms with van der Waals surface area (Å²) in [5.74, 6) is -0.156. The number of nitrogens with zero attached hydrogens (tertiary/aromatic N) is 2. The molecule has 0 heterocycles. The second kappa shape index (κ2) is 7.57. The Bertz CT molecular complexity index is 923. The number of hydrogen-bond donors (Lipinski definition) is 3. The molecule has 8 heteroatoms. The van der Waals surface area contributed by atoms with Gasteiger partial charge in [-0.3, -0.25) is 4.72 Å². The Balaban J connectivity index is 2.21. The number of anilines is 1. The molecule has 0 aliphatic rings. The zero-order valence-corrected chi connectivity index (χ0v) is 15.8. The zero-order chi connectivity index (χ0) is 19.4. The minimum atomic E-state index is -3.69. The van der Waals surface area contributed by atoms with Crippen molar-refractivity contribution >= 4 is 27.9 Å². The van der Waals surface area contributed by atoms with Crippen LogP contribution in [0.4, 0.5) is 5.69 Å². The lowest BCUT2D eigenvalue weighted by Gasteiger charge is -2.19. The minimum Gasteiger partial charge on any atom is -0.369 e. The third-order valence-electron chi connectivity index (χ3n) is 3.55. The van der Waals surface area contributed by atoms with Gasteiger partial charge in [0.25, 0.3) is 10.0 Å². The minimum absolute atomic E-state index is 0.0429. The molecular weight excluding hydrogens is 350 g/mol. The van der Waals surface area contributed by atoms with Gasteiger partial charge in [0.2, 0.25) is 5.96 Å². The number of hydrogen-bond acceptors (Lipinski definition) is 4. The second-order valence-electron chi connectivity index (χ2n) is 6.77. The molecule has 2 rings (SSSR count). The molecular formula is C18H23N5O2S. The average molecular weight is 373 g/mol. The third-order valence-corrected chi connectivity index (χ3v) is 4.95. The zero-order valence-electron chi connectivity index (χ0n) is 15.0. The quantitative estimate of drug-likeness (QED) is 0.423.